The van der Waals surface area contributed by atoms with Gasteiger partial charge in [0.15, 0.2) is 0 Å². The SMILES string of the molecule is CCOc1ccccc1Nc1ncc(C)[nH]1. The van der Waals surface area contributed by atoms with Crippen LogP contribution in [0.3, 0.4) is 0 Å². The Bertz CT molecular complexity index is 465. The lowest BCUT2D eigenvalue weighted by atomic mass is 10.3. The van der Waals surface area contributed by atoms with Crippen LogP contribution in [0.5, 0.6) is 5.75 Å². The van der Waals surface area contributed by atoms with E-state index in [2.05, 4.69) is 15.3 Å². The smallest absolute Gasteiger partial charge is 0.204 e. The summed E-state index contributed by atoms with van der Waals surface area (Å²) in [5.74, 6) is 1.56. The molecule has 0 fully saturated rings. The van der Waals surface area contributed by atoms with Crippen molar-refractivity contribution in [3.8, 4) is 5.75 Å². The van der Waals surface area contributed by atoms with Gasteiger partial charge in [-0.15, -0.1) is 0 Å². The number of aryl methyl sites for hydroxylation is 1. The number of nitrogens with one attached hydrogen (secondary N) is 2. The fraction of sp³-hybridized carbons (Fsp3) is 0.250. The minimum absolute atomic E-state index is 0.649. The van der Waals surface area contributed by atoms with Crippen molar-refractivity contribution in [1.82, 2.24) is 9.97 Å². The van der Waals surface area contributed by atoms with Gasteiger partial charge in [0.05, 0.1) is 12.3 Å². The Morgan fingerprint density at radius 3 is 2.88 bits per heavy atom. The molecule has 0 bridgehead atoms. The van der Waals surface area contributed by atoms with E-state index in [0.29, 0.717) is 6.61 Å². The van der Waals surface area contributed by atoms with Crippen LogP contribution in [-0.2, 0) is 0 Å². The molecule has 2 aromatic rings. The highest BCUT2D eigenvalue weighted by atomic mass is 16.5. The van der Waals surface area contributed by atoms with E-state index in [0.717, 1.165) is 23.1 Å². The van der Waals surface area contributed by atoms with Crippen molar-refractivity contribution in [2.45, 2.75) is 13.8 Å². The van der Waals surface area contributed by atoms with E-state index in [1.807, 2.05) is 38.1 Å². The summed E-state index contributed by atoms with van der Waals surface area (Å²) in [4.78, 5) is 7.31. The largest absolute Gasteiger partial charge is 0.492 e. The van der Waals surface area contributed by atoms with Gasteiger partial charge in [0.25, 0.3) is 0 Å². The summed E-state index contributed by atoms with van der Waals surface area (Å²) in [5.41, 5.74) is 1.94. The molecule has 2 rings (SSSR count). The van der Waals surface area contributed by atoms with Crippen LogP contribution in [0.25, 0.3) is 0 Å². The van der Waals surface area contributed by atoms with Crippen LogP contribution in [0.4, 0.5) is 11.6 Å². The zero-order valence-corrected chi connectivity index (χ0v) is 9.45. The van der Waals surface area contributed by atoms with Gasteiger partial charge in [0, 0.05) is 11.9 Å². The second kappa shape index (κ2) is 4.70. The Labute approximate surface area is 94.7 Å². The van der Waals surface area contributed by atoms with Crippen LogP contribution >= 0.6 is 0 Å². The molecule has 0 aliphatic rings. The molecule has 84 valence electrons. The standard InChI is InChI=1S/C12H15N3O/c1-3-16-11-7-5-4-6-10(11)15-12-13-8-9(2)14-12/h4-8H,3H2,1-2H3,(H2,13,14,15). The average Bonchev–Trinajstić information content (AvgIpc) is 2.67. The first kappa shape index (κ1) is 10.5. The predicted molar refractivity (Wildman–Crippen MR) is 64.2 cm³/mol. The number of H-pyrrole nitrogens is 1. The number of benzene rings is 1. The lowest BCUT2D eigenvalue weighted by Gasteiger charge is -2.09. The van der Waals surface area contributed by atoms with E-state index >= 15 is 0 Å². The molecule has 0 radical (unpaired) electrons. The number of nitrogens with zero attached hydrogens (tertiary/aromatic N) is 1. The third-order valence-electron chi connectivity index (χ3n) is 2.14. The molecule has 4 heteroatoms. The van der Waals surface area contributed by atoms with E-state index in [1.165, 1.54) is 0 Å². The molecule has 0 unspecified atom stereocenters. The first-order valence-electron chi connectivity index (χ1n) is 5.30. The van der Waals surface area contributed by atoms with Gasteiger partial charge < -0.3 is 15.0 Å². The van der Waals surface area contributed by atoms with E-state index in [1.54, 1.807) is 6.20 Å². The molecule has 1 heterocycles. The van der Waals surface area contributed by atoms with Crippen LogP contribution < -0.4 is 10.1 Å². The highest BCUT2D eigenvalue weighted by Gasteiger charge is 2.03. The minimum Gasteiger partial charge on any atom is -0.492 e. The van der Waals surface area contributed by atoms with Gasteiger partial charge in [-0.3, -0.25) is 0 Å². The number of aromatic amines is 1. The number of aromatic nitrogens is 2. The summed E-state index contributed by atoms with van der Waals surface area (Å²) >= 11 is 0. The molecule has 0 saturated carbocycles. The molecule has 0 saturated heterocycles. The third-order valence-corrected chi connectivity index (χ3v) is 2.14. The summed E-state index contributed by atoms with van der Waals surface area (Å²) in [7, 11) is 0. The molecular formula is C12H15N3O. The maximum Gasteiger partial charge on any atom is 0.204 e. The lowest BCUT2D eigenvalue weighted by molar-refractivity contribution is 0.342. The van der Waals surface area contributed by atoms with Crippen molar-refractivity contribution >= 4 is 11.6 Å². The van der Waals surface area contributed by atoms with Crippen molar-refractivity contribution in [3.05, 3.63) is 36.2 Å². The number of hydrogen-bond donors (Lipinski definition) is 2. The Balaban J connectivity index is 2.20. The van der Waals surface area contributed by atoms with Gasteiger partial charge in [-0.05, 0) is 26.0 Å². The van der Waals surface area contributed by atoms with Crippen molar-refractivity contribution in [1.29, 1.82) is 0 Å². The van der Waals surface area contributed by atoms with Gasteiger partial charge in [-0.1, -0.05) is 12.1 Å². The first-order valence-corrected chi connectivity index (χ1v) is 5.30. The fourth-order valence-electron chi connectivity index (χ4n) is 1.46. The van der Waals surface area contributed by atoms with E-state index in [-0.39, 0.29) is 0 Å². The highest BCUT2D eigenvalue weighted by molar-refractivity contribution is 5.62. The van der Waals surface area contributed by atoms with E-state index in [9.17, 15) is 0 Å². The molecule has 2 N–H and O–H groups in total. The molecule has 0 aliphatic heterocycles. The quantitative estimate of drug-likeness (QED) is 0.827. The van der Waals surface area contributed by atoms with Crippen LogP contribution in [0, 0.1) is 6.92 Å². The summed E-state index contributed by atoms with van der Waals surface area (Å²) in [6, 6.07) is 7.80. The van der Waals surface area contributed by atoms with Crippen LogP contribution in [0.15, 0.2) is 30.5 Å². The number of hydrogen-bond acceptors (Lipinski definition) is 3. The maximum absolute atomic E-state index is 5.51. The van der Waals surface area contributed by atoms with Crippen molar-refractivity contribution in [3.63, 3.8) is 0 Å². The molecule has 0 amide bonds. The van der Waals surface area contributed by atoms with Crippen molar-refractivity contribution in [2.24, 2.45) is 0 Å². The second-order valence-corrected chi connectivity index (χ2v) is 3.47. The number of para-hydroxylation sites is 2. The van der Waals surface area contributed by atoms with Gasteiger partial charge in [0.2, 0.25) is 5.95 Å². The lowest BCUT2D eigenvalue weighted by Crippen LogP contribution is -1.98. The normalized spacial score (nSPS) is 10.1. The third kappa shape index (κ3) is 2.34. The zero-order valence-electron chi connectivity index (χ0n) is 9.45. The Hall–Kier alpha value is -1.97. The molecule has 0 atom stereocenters. The van der Waals surface area contributed by atoms with Gasteiger partial charge in [0.1, 0.15) is 5.75 Å². The monoisotopic (exact) mass is 217 g/mol. The summed E-state index contributed by atoms with van der Waals surface area (Å²) in [5, 5.41) is 3.19. The molecule has 0 spiro atoms. The van der Waals surface area contributed by atoms with Crippen LogP contribution in [0.1, 0.15) is 12.6 Å². The molecule has 1 aromatic carbocycles. The van der Waals surface area contributed by atoms with Crippen molar-refractivity contribution < 1.29 is 4.74 Å². The molecule has 0 aliphatic carbocycles. The number of rotatable bonds is 4. The van der Waals surface area contributed by atoms with E-state index in [4.69, 9.17) is 4.74 Å². The highest BCUT2D eigenvalue weighted by Crippen LogP contribution is 2.25. The first-order chi connectivity index (χ1) is 7.79. The van der Waals surface area contributed by atoms with Gasteiger partial charge in [-0.25, -0.2) is 4.98 Å². The molecular weight excluding hydrogens is 202 g/mol. The van der Waals surface area contributed by atoms with Crippen LogP contribution in [-0.4, -0.2) is 16.6 Å². The van der Waals surface area contributed by atoms with Gasteiger partial charge >= 0.3 is 0 Å². The summed E-state index contributed by atoms with van der Waals surface area (Å²) < 4.78 is 5.51. The van der Waals surface area contributed by atoms with Crippen molar-refractivity contribution in [2.75, 3.05) is 11.9 Å². The number of anilines is 2. The zero-order chi connectivity index (χ0) is 11.4. The average molecular weight is 217 g/mol. The van der Waals surface area contributed by atoms with Gasteiger partial charge in [-0.2, -0.15) is 0 Å². The Morgan fingerprint density at radius 1 is 1.38 bits per heavy atom. The maximum atomic E-state index is 5.51. The molecule has 1 aromatic heterocycles. The van der Waals surface area contributed by atoms with E-state index < -0.39 is 0 Å². The predicted octanol–water partition coefficient (Wildman–Crippen LogP) is 2.86. The molecule has 16 heavy (non-hydrogen) atoms. The summed E-state index contributed by atoms with van der Waals surface area (Å²) in [6.45, 7) is 4.58. The number of ether oxygens (including phenoxy) is 1. The molecule has 4 nitrogen and oxygen atoms in total. The Morgan fingerprint density at radius 2 is 2.19 bits per heavy atom. The Kier molecular flexibility index (Phi) is 3.10. The topological polar surface area (TPSA) is 49.9 Å². The minimum atomic E-state index is 0.649. The second-order valence-electron chi connectivity index (χ2n) is 3.47. The number of imidazole rings is 1. The fourth-order valence-corrected chi connectivity index (χ4v) is 1.46. The summed E-state index contributed by atoms with van der Waals surface area (Å²) in [6.07, 6.45) is 1.78. The van der Waals surface area contributed by atoms with Crippen LogP contribution in [0.2, 0.25) is 0 Å².